The fourth-order valence-corrected chi connectivity index (χ4v) is 6.05. The molecule has 4 aliphatic rings. The van der Waals surface area contributed by atoms with Gasteiger partial charge in [-0.2, -0.15) is 0 Å². The highest BCUT2D eigenvalue weighted by Gasteiger charge is 2.73. The second kappa shape index (κ2) is 6.81. The van der Waals surface area contributed by atoms with Gasteiger partial charge in [0.1, 0.15) is 17.1 Å². The molecule has 0 aromatic heterocycles. The number of ketones is 1. The number of ether oxygens (including phenoxy) is 3. The van der Waals surface area contributed by atoms with Gasteiger partial charge in [-0.05, 0) is 50.0 Å². The molecule has 2 aliphatic heterocycles. The molecule has 0 radical (unpaired) electrons. The van der Waals surface area contributed by atoms with Crippen LogP contribution >= 0.6 is 0 Å². The molecule has 0 amide bonds. The molecule has 8 nitrogen and oxygen atoms in total. The molecule has 8 heteroatoms. The van der Waals surface area contributed by atoms with Crippen molar-refractivity contribution in [2.24, 2.45) is 22.4 Å². The number of hydrogen-bond acceptors (Lipinski definition) is 8. The largest absolute Gasteiger partial charge is 0.493 e. The predicted molar refractivity (Wildman–Crippen MR) is 113 cm³/mol. The maximum atomic E-state index is 13.3. The Morgan fingerprint density at radius 2 is 1.97 bits per heavy atom. The Kier molecular flexibility index (Phi) is 4.47. The normalized spacial score (nSPS) is 39.8. The molecule has 1 N–H and O–H groups in total. The number of fused-ring (bicyclic) bond motifs is 4. The highest BCUT2D eigenvalue weighted by Crippen LogP contribution is 2.59. The van der Waals surface area contributed by atoms with Crippen LogP contribution in [0.1, 0.15) is 38.7 Å². The monoisotopic (exact) mass is 441 g/mol. The Morgan fingerprint density at radius 1 is 1.19 bits per heavy atom. The van der Waals surface area contributed by atoms with Crippen LogP contribution in [0, 0.1) is 17.3 Å². The third-order valence-electron chi connectivity index (χ3n) is 8.07. The van der Waals surface area contributed by atoms with Crippen molar-refractivity contribution in [2.75, 3.05) is 14.2 Å². The molecule has 32 heavy (non-hydrogen) atoms. The van der Waals surface area contributed by atoms with Crippen LogP contribution in [-0.4, -0.2) is 54.1 Å². The van der Waals surface area contributed by atoms with E-state index in [4.69, 9.17) is 19.0 Å². The first-order chi connectivity index (χ1) is 15.2. The molecule has 1 spiro atoms. The van der Waals surface area contributed by atoms with Crippen LogP contribution in [0.2, 0.25) is 0 Å². The van der Waals surface area contributed by atoms with E-state index in [9.17, 15) is 14.7 Å². The van der Waals surface area contributed by atoms with E-state index in [0.717, 1.165) is 0 Å². The quantitative estimate of drug-likeness (QED) is 0.719. The Morgan fingerprint density at radius 3 is 2.69 bits per heavy atom. The summed E-state index contributed by atoms with van der Waals surface area (Å²) in [6.07, 6.45) is 3.53. The lowest BCUT2D eigenvalue weighted by molar-refractivity contribution is -0.169. The van der Waals surface area contributed by atoms with Crippen molar-refractivity contribution in [3.8, 4) is 11.5 Å². The Labute approximate surface area is 186 Å². The summed E-state index contributed by atoms with van der Waals surface area (Å²) in [4.78, 5) is 32.1. The van der Waals surface area contributed by atoms with Gasteiger partial charge in [0.15, 0.2) is 17.3 Å². The van der Waals surface area contributed by atoms with Gasteiger partial charge in [0, 0.05) is 12.0 Å². The summed E-state index contributed by atoms with van der Waals surface area (Å²) < 4.78 is 16.8. The molecule has 2 heterocycles. The summed E-state index contributed by atoms with van der Waals surface area (Å²) >= 11 is 0. The summed E-state index contributed by atoms with van der Waals surface area (Å²) in [6, 6.07) is 5.43. The molecular formula is C24H27NO7. The van der Waals surface area contributed by atoms with Gasteiger partial charge in [-0.25, -0.2) is 4.79 Å². The number of nitrogens with zero attached hydrogens (tertiary/aromatic N) is 1. The molecule has 6 atom stereocenters. The van der Waals surface area contributed by atoms with Crippen LogP contribution in [0.4, 0.5) is 0 Å². The molecule has 2 aliphatic carbocycles. The Balaban J connectivity index is 1.54. The number of rotatable bonds is 3. The minimum absolute atomic E-state index is 0.182. The number of hydrogen-bond donors (Lipinski definition) is 1. The van der Waals surface area contributed by atoms with E-state index < -0.39 is 34.6 Å². The molecular weight excluding hydrogens is 414 g/mol. The lowest BCUT2D eigenvalue weighted by Gasteiger charge is -2.43. The van der Waals surface area contributed by atoms with Gasteiger partial charge in [0.05, 0.1) is 25.8 Å². The van der Waals surface area contributed by atoms with Crippen molar-refractivity contribution in [1.29, 1.82) is 0 Å². The average Bonchev–Trinajstić information content (AvgIpc) is 3.41. The second-order valence-electron chi connectivity index (χ2n) is 9.37. The number of oxime groups is 1. The molecule has 2 fully saturated rings. The average molecular weight is 441 g/mol. The molecule has 0 bridgehead atoms. The van der Waals surface area contributed by atoms with Gasteiger partial charge in [0.2, 0.25) is 5.60 Å². The van der Waals surface area contributed by atoms with Crippen molar-refractivity contribution in [3.05, 3.63) is 35.9 Å². The molecule has 1 aromatic carbocycles. The zero-order valence-electron chi connectivity index (χ0n) is 18.6. The van der Waals surface area contributed by atoms with E-state index in [1.807, 2.05) is 19.1 Å². The van der Waals surface area contributed by atoms with Gasteiger partial charge in [-0.1, -0.05) is 18.1 Å². The van der Waals surface area contributed by atoms with Crippen LogP contribution in [-0.2, 0) is 19.2 Å². The first kappa shape index (κ1) is 21.0. The van der Waals surface area contributed by atoms with Crippen molar-refractivity contribution < 1.29 is 33.7 Å². The van der Waals surface area contributed by atoms with Gasteiger partial charge in [0.25, 0.3) is 0 Å². The van der Waals surface area contributed by atoms with Gasteiger partial charge in [-0.15, -0.1) is 0 Å². The lowest BCUT2D eigenvalue weighted by atomic mass is 9.63. The fraction of sp³-hybridized carbons (Fsp3) is 0.542. The van der Waals surface area contributed by atoms with Crippen molar-refractivity contribution >= 4 is 17.5 Å². The van der Waals surface area contributed by atoms with E-state index in [0.29, 0.717) is 35.6 Å². The molecule has 1 saturated carbocycles. The lowest BCUT2D eigenvalue weighted by Crippen LogP contribution is -2.57. The highest BCUT2D eigenvalue weighted by molar-refractivity contribution is 6.08. The molecule has 1 aromatic rings. The van der Waals surface area contributed by atoms with Crippen molar-refractivity contribution in [3.63, 3.8) is 0 Å². The maximum Gasteiger partial charge on any atom is 0.354 e. The maximum absolute atomic E-state index is 13.3. The van der Waals surface area contributed by atoms with Gasteiger partial charge in [-0.3, -0.25) is 4.79 Å². The minimum Gasteiger partial charge on any atom is -0.493 e. The van der Waals surface area contributed by atoms with Crippen LogP contribution in [0.3, 0.4) is 0 Å². The number of para-hydroxylation sites is 1. The molecule has 1 saturated heterocycles. The van der Waals surface area contributed by atoms with Gasteiger partial charge < -0.3 is 24.2 Å². The van der Waals surface area contributed by atoms with Crippen LogP contribution in [0.25, 0.3) is 0 Å². The molecule has 3 unspecified atom stereocenters. The van der Waals surface area contributed by atoms with E-state index in [1.165, 1.54) is 6.08 Å². The van der Waals surface area contributed by atoms with Gasteiger partial charge >= 0.3 is 5.97 Å². The number of aliphatic hydroxyl groups is 1. The van der Waals surface area contributed by atoms with E-state index >= 15 is 0 Å². The minimum atomic E-state index is -1.38. The topological polar surface area (TPSA) is 104 Å². The van der Waals surface area contributed by atoms with Crippen LogP contribution in [0.5, 0.6) is 11.5 Å². The zero-order valence-corrected chi connectivity index (χ0v) is 18.6. The smallest absolute Gasteiger partial charge is 0.354 e. The number of benzene rings is 1. The first-order valence-corrected chi connectivity index (χ1v) is 10.9. The van der Waals surface area contributed by atoms with Crippen molar-refractivity contribution in [1.82, 2.24) is 0 Å². The zero-order chi connectivity index (χ0) is 22.9. The third kappa shape index (κ3) is 2.38. The summed E-state index contributed by atoms with van der Waals surface area (Å²) in [5.74, 6) is -0.351. The Bertz CT molecular complexity index is 1060. The van der Waals surface area contributed by atoms with Crippen molar-refractivity contribution in [2.45, 2.75) is 50.4 Å². The summed E-state index contributed by atoms with van der Waals surface area (Å²) in [6.45, 7) is 3.62. The number of carbonyl (C=O) groups excluding carboxylic acids is 2. The number of allylic oxidation sites excluding steroid dienone is 1. The summed E-state index contributed by atoms with van der Waals surface area (Å²) in [7, 11) is 3.09. The fourth-order valence-electron chi connectivity index (χ4n) is 6.05. The van der Waals surface area contributed by atoms with E-state index in [2.05, 4.69) is 5.16 Å². The highest BCUT2D eigenvalue weighted by atomic mass is 16.7. The first-order valence-electron chi connectivity index (χ1n) is 10.9. The standard InChI is InChI=1S/C24H27NO7/c1-13-8-9-15-20(22(2)18(26)10-11-24(13,22)28)31-21(27)23(15)12-16(25-32-23)14-6-5-7-17(29-3)19(14)30-4/h5-7,10-11,13,15,20,28H,8-9,12H2,1-4H3/t13-,15?,20?,22-,23?,24+/m0/s1. The second-order valence-corrected chi connectivity index (χ2v) is 9.37. The van der Waals surface area contributed by atoms with E-state index in [-0.39, 0.29) is 18.1 Å². The number of methoxy groups -OCH3 is 2. The van der Waals surface area contributed by atoms with Crippen LogP contribution < -0.4 is 9.47 Å². The SMILES string of the molecule is COc1cccc(C2=NOC3(C2)C(=O)OC2C3CC[C@H](C)[C@]3(O)C=CC(=O)[C@@]23C)c1OC. The van der Waals surface area contributed by atoms with E-state index in [1.54, 1.807) is 33.3 Å². The molecule has 170 valence electrons. The third-order valence-corrected chi connectivity index (χ3v) is 8.07. The predicted octanol–water partition coefficient (Wildman–Crippen LogP) is 2.41. The number of carbonyl (C=O) groups is 2. The summed E-state index contributed by atoms with van der Waals surface area (Å²) in [5.41, 5.74) is -2.78. The number of esters is 1. The van der Waals surface area contributed by atoms with Crippen LogP contribution in [0.15, 0.2) is 35.5 Å². The summed E-state index contributed by atoms with van der Waals surface area (Å²) in [5, 5.41) is 15.8. The molecule has 5 rings (SSSR count). The Hall–Kier alpha value is -2.87.